The highest BCUT2D eigenvalue weighted by molar-refractivity contribution is 7.13. The summed E-state index contributed by atoms with van der Waals surface area (Å²) >= 11 is 1.70. The van der Waals surface area contributed by atoms with E-state index in [0.29, 0.717) is 0 Å². The van der Waals surface area contributed by atoms with Gasteiger partial charge in [0, 0.05) is 24.1 Å². The molecule has 3 nitrogen and oxygen atoms in total. The maximum absolute atomic E-state index is 9.23. The third kappa shape index (κ3) is 5.20. The first kappa shape index (κ1) is 17.1. The predicted octanol–water partition coefficient (Wildman–Crippen LogP) is 4.01. The molecule has 0 spiro atoms. The summed E-state index contributed by atoms with van der Waals surface area (Å²) in [5.41, 5.74) is 3.59. The number of hydrogen-bond acceptors (Lipinski definition) is 4. The van der Waals surface area contributed by atoms with Crippen LogP contribution in [0.3, 0.4) is 0 Å². The first-order valence-corrected chi connectivity index (χ1v) is 8.71. The van der Waals surface area contributed by atoms with Gasteiger partial charge in [0.25, 0.3) is 0 Å². The molecule has 0 atom stereocenters. The molecule has 0 aliphatic rings. The summed E-state index contributed by atoms with van der Waals surface area (Å²) in [7, 11) is 0. The Balaban J connectivity index is 1.77. The van der Waals surface area contributed by atoms with Gasteiger partial charge in [0.05, 0.1) is 5.69 Å². The molecule has 4 heteroatoms. The normalized spacial score (nSPS) is 11.8. The fourth-order valence-electron chi connectivity index (χ4n) is 2.20. The number of aliphatic hydroxyl groups excluding tert-OH is 1. The van der Waals surface area contributed by atoms with Crippen LogP contribution in [0.1, 0.15) is 37.9 Å². The van der Waals surface area contributed by atoms with Crippen molar-refractivity contribution in [2.45, 2.75) is 40.2 Å². The van der Waals surface area contributed by atoms with Crippen molar-refractivity contribution in [3.8, 4) is 10.6 Å². The maximum Gasteiger partial charge on any atom is 0.123 e. The Hall–Kier alpha value is -1.23. The molecule has 0 bridgehead atoms. The lowest BCUT2D eigenvalue weighted by molar-refractivity contribution is 0.148. The summed E-state index contributed by atoms with van der Waals surface area (Å²) in [5.74, 6) is 0. The molecule has 0 fully saturated rings. The molecule has 2 rings (SSSR count). The van der Waals surface area contributed by atoms with Gasteiger partial charge in [-0.25, -0.2) is 4.98 Å². The highest BCUT2D eigenvalue weighted by Crippen LogP contribution is 2.24. The van der Waals surface area contributed by atoms with Gasteiger partial charge < -0.3 is 10.4 Å². The van der Waals surface area contributed by atoms with Crippen molar-refractivity contribution in [3.05, 3.63) is 40.9 Å². The van der Waals surface area contributed by atoms with Gasteiger partial charge in [-0.2, -0.15) is 0 Å². The molecule has 120 valence electrons. The summed E-state index contributed by atoms with van der Waals surface area (Å²) in [6, 6.07) is 8.50. The van der Waals surface area contributed by atoms with Crippen molar-refractivity contribution in [1.82, 2.24) is 10.3 Å². The lowest BCUT2D eigenvalue weighted by atomic mass is 9.89. The van der Waals surface area contributed by atoms with Gasteiger partial charge in [-0.05, 0) is 31.7 Å². The third-order valence-corrected chi connectivity index (χ3v) is 4.73. The largest absolute Gasteiger partial charge is 0.396 e. The molecule has 0 aliphatic carbocycles. The zero-order valence-corrected chi connectivity index (χ0v) is 14.5. The first-order valence-electron chi connectivity index (χ1n) is 7.83. The summed E-state index contributed by atoms with van der Waals surface area (Å²) in [5, 5.41) is 15.9. The summed E-state index contributed by atoms with van der Waals surface area (Å²) in [6.07, 6.45) is 2.10. The Morgan fingerprint density at radius 1 is 1.23 bits per heavy atom. The number of aryl methyl sites for hydroxylation is 1. The van der Waals surface area contributed by atoms with Crippen LogP contribution < -0.4 is 5.32 Å². The average Bonchev–Trinajstić information content (AvgIpc) is 2.96. The average molecular weight is 318 g/mol. The molecular weight excluding hydrogens is 292 g/mol. The van der Waals surface area contributed by atoms with Crippen LogP contribution in [0.2, 0.25) is 0 Å². The molecule has 0 radical (unpaired) electrons. The molecule has 0 unspecified atom stereocenters. The van der Waals surface area contributed by atoms with Crippen LogP contribution in [0.15, 0.2) is 29.6 Å². The van der Waals surface area contributed by atoms with Gasteiger partial charge in [-0.1, -0.05) is 43.7 Å². The van der Waals surface area contributed by atoms with E-state index in [1.807, 2.05) is 0 Å². The van der Waals surface area contributed by atoms with Gasteiger partial charge in [-0.3, -0.25) is 0 Å². The monoisotopic (exact) mass is 318 g/mol. The van der Waals surface area contributed by atoms with E-state index in [2.05, 4.69) is 60.7 Å². The number of thiazole rings is 1. The Morgan fingerprint density at radius 3 is 2.64 bits per heavy atom. The molecule has 0 amide bonds. The van der Waals surface area contributed by atoms with Crippen molar-refractivity contribution in [2.75, 3.05) is 13.2 Å². The highest BCUT2D eigenvalue weighted by atomic mass is 32.1. The number of hydrogen-bond donors (Lipinski definition) is 2. The second kappa shape index (κ2) is 7.86. The van der Waals surface area contributed by atoms with Gasteiger partial charge in [0.1, 0.15) is 5.01 Å². The van der Waals surface area contributed by atoms with Crippen LogP contribution in [0.25, 0.3) is 10.6 Å². The summed E-state index contributed by atoms with van der Waals surface area (Å²) in [6.45, 7) is 8.31. The van der Waals surface area contributed by atoms with Gasteiger partial charge in [0.2, 0.25) is 0 Å². The molecule has 1 aromatic heterocycles. The predicted molar refractivity (Wildman–Crippen MR) is 94.1 cm³/mol. The zero-order chi connectivity index (χ0) is 16.0. The molecule has 0 aliphatic heterocycles. The second-order valence-corrected chi connectivity index (χ2v) is 7.47. The molecule has 1 aromatic carbocycles. The van der Waals surface area contributed by atoms with Crippen molar-refractivity contribution in [2.24, 2.45) is 5.41 Å². The Labute approximate surface area is 137 Å². The number of aliphatic hydroxyl groups is 1. The lowest BCUT2D eigenvalue weighted by Crippen LogP contribution is -2.21. The number of benzene rings is 1. The Morgan fingerprint density at radius 2 is 1.95 bits per heavy atom. The topological polar surface area (TPSA) is 45.2 Å². The van der Waals surface area contributed by atoms with Crippen LogP contribution in [-0.2, 0) is 6.54 Å². The summed E-state index contributed by atoms with van der Waals surface area (Å²) in [4.78, 5) is 4.69. The van der Waals surface area contributed by atoms with Gasteiger partial charge >= 0.3 is 0 Å². The standard InChI is InChI=1S/C18H26N2OS/c1-14-5-7-15(8-6-14)17-20-16(12-22-17)11-19-10-4-9-18(2,3)13-21/h5-8,12,19,21H,4,9-11,13H2,1-3H3. The minimum atomic E-state index is 0.0287. The molecular formula is C18H26N2OS. The van der Waals surface area contributed by atoms with E-state index in [4.69, 9.17) is 0 Å². The smallest absolute Gasteiger partial charge is 0.123 e. The van der Waals surface area contributed by atoms with Crippen molar-refractivity contribution in [3.63, 3.8) is 0 Å². The van der Waals surface area contributed by atoms with E-state index in [9.17, 15) is 5.11 Å². The third-order valence-electron chi connectivity index (χ3n) is 3.79. The van der Waals surface area contributed by atoms with Gasteiger partial charge in [0.15, 0.2) is 0 Å². The van der Waals surface area contributed by atoms with E-state index >= 15 is 0 Å². The maximum atomic E-state index is 9.23. The minimum absolute atomic E-state index is 0.0287. The van der Waals surface area contributed by atoms with Crippen LogP contribution in [-0.4, -0.2) is 23.2 Å². The number of nitrogens with zero attached hydrogens (tertiary/aromatic N) is 1. The van der Waals surface area contributed by atoms with Crippen LogP contribution >= 0.6 is 11.3 Å². The fourth-order valence-corrected chi connectivity index (χ4v) is 3.03. The number of aromatic nitrogens is 1. The molecule has 2 N–H and O–H groups in total. The first-order chi connectivity index (χ1) is 10.5. The van der Waals surface area contributed by atoms with Crippen LogP contribution in [0.4, 0.5) is 0 Å². The Bertz CT molecular complexity index is 575. The van der Waals surface area contributed by atoms with E-state index in [1.165, 1.54) is 11.1 Å². The lowest BCUT2D eigenvalue weighted by Gasteiger charge is -2.21. The van der Waals surface area contributed by atoms with E-state index in [1.54, 1.807) is 11.3 Å². The second-order valence-electron chi connectivity index (χ2n) is 6.61. The van der Waals surface area contributed by atoms with E-state index in [0.717, 1.165) is 36.6 Å². The van der Waals surface area contributed by atoms with Crippen molar-refractivity contribution < 1.29 is 5.11 Å². The molecule has 22 heavy (non-hydrogen) atoms. The molecule has 0 saturated carbocycles. The molecule has 2 aromatic rings. The molecule has 1 heterocycles. The van der Waals surface area contributed by atoms with Gasteiger partial charge in [-0.15, -0.1) is 11.3 Å². The SMILES string of the molecule is Cc1ccc(-c2nc(CNCCCC(C)(C)CO)cs2)cc1. The van der Waals surface area contributed by atoms with E-state index < -0.39 is 0 Å². The van der Waals surface area contributed by atoms with Crippen LogP contribution in [0, 0.1) is 12.3 Å². The Kier molecular flexibility index (Phi) is 6.12. The zero-order valence-electron chi connectivity index (χ0n) is 13.7. The van der Waals surface area contributed by atoms with Crippen LogP contribution in [0.5, 0.6) is 0 Å². The molecule has 0 saturated heterocycles. The van der Waals surface area contributed by atoms with Crippen molar-refractivity contribution >= 4 is 11.3 Å². The summed E-state index contributed by atoms with van der Waals surface area (Å²) < 4.78 is 0. The van der Waals surface area contributed by atoms with E-state index in [-0.39, 0.29) is 12.0 Å². The quantitative estimate of drug-likeness (QED) is 0.723. The number of rotatable bonds is 8. The highest BCUT2D eigenvalue weighted by Gasteiger charge is 2.15. The minimum Gasteiger partial charge on any atom is -0.396 e. The van der Waals surface area contributed by atoms with Crippen molar-refractivity contribution in [1.29, 1.82) is 0 Å². The fraction of sp³-hybridized carbons (Fsp3) is 0.500. The number of nitrogens with one attached hydrogen (secondary N) is 1.